The van der Waals surface area contributed by atoms with E-state index < -0.39 is 0 Å². The zero-order chi connectivity index (χ0) is 25.2. The zero-order valence-electron chi connectivity index (χ0n) is 20.3. The number of ether oxygens (including phenoxy) is 1. The highest BCUT2D eigenvalue weighted by Crippen LogP contribution is 2.39. The van der Waals surface area contributed by atoms with Gasteiger partial charge in [0.05, 0.1) is 0 Å². The van der Waals surface area contributed by atoms with Crippen molar-refractivity contribution < 1.29 is 9.53 Å². The number of rotatable bonds is 7. The van der Waals surface area contributed by atoms with Gasteiger partial charge in [0.15, 0.2) is 0 Å². The molecule has 3 aromatic rings. The van der Waals surface area contributed by atoms with Crippen molar-refractivity contribution in [2.45, 2.75) is 37.1 Å². The number of para-hydroxylation sites is 1. The van der Waals surface area contributed by atoms with E-state index in [2.05, 4.69) is 38.1 Å². The van der Waals surface area contributed by atoms with E-state index in [0.29, 0.717) is 23.8 Å². The maximum Gasteiger partial charge on any atom is 0.256 e. The van der Waals surface area contributed by atoms with E-state index in [4.69, 9.17) is 10.00 Å². The molecule has 1 amide bonds. The number of aliphatic imine (C=N–C) groups is 1. The fourth-order valence-electron chi connectivity index (χ4n) is 4.67. The third kappa shape index (κ3) is 5.99. The van der Waals surface area contributed by atoms with Crippen LogP contribution in [0.3, 0.4) is 0 Å². The van der Waals surface area contributed by atoms with Crippen molar-refractivity contribution in [2.75, 3.05) is 13.6 Å². The molecule has 8 nitrogen and oxygen atoms in total. The number of benzene rings is 2. The van der Waals surface area contributed by atoms with Crippen LogP contribution in [0, 0.1) is 11.5 Å². The Bertz CT molecular complexity index is 1220. The summed E-state index contributed by atoms with van der Waals surface area (Å²) in [6, 6.07) is 23.3. The minimum atomic E-state index is -0.219. The fraction of sp³-hybridized carbons (Fsp3) is 0.286. The SMILES string of the molecule is CN/C(=N\C#N)N[C@H]1CC[C@](CNC(=O)c2cccnc2Oc2ccccc2)(c2ccccc2)CC1. The summed E-state index contributed by atoms with van der Waals surface area (Å²) in [6.45, 7) is 0.493. The second kappa shape index (κ2) is 11.8. The molecule has 1 fully saturated rings. The standard InChI is InChI=1S/C28H30N6O2/c1-30-27(33-20-29)34-22-14-16-28(17-15-22,21-9-4-2-5-10-21)19-32-25(35)24-13-8-18-31-26(24)36-23-11-6-3-7-12-23/h2-13,18,22H,14-17,19H2,1H3,(H,32,35)(H2,30,33,34)/t22-,28-. The number of nitrogens with one attached hydrogen (secondary N) is 3. The first-order valence-electron chi connectivity index (χ1n) is 12.1. The van der Waals surface area contributed by atoms with Gasteiger partial charge in [0.25, 0.3) is 5.91 Å². The molecule has 0 atom stereocenters. The van der Waals surface area contributed by atoms with Crippen LogP contribution >= 0.6 is 0 Å². The van der Waals surface area contributed by atoms with Crippen molar-refractivity contribution in [2.24, 2.45) is 4.99 Å². The Kier molecular flexibility index (Phi) is 8.14. The summed E-state index contributed by atoms with van der Waals surface area (Å²) < 4.78 is 5.89. The summed E-state index contributed by atoms with van der Waals surface area (Å²) >= 11 is 0. The van der Waals surface area contributed by atoms with Gasteiger partial charge in [0.1, 0.15) is 11.3 Å². The molecule has 0 saturated heterocycles. The molecule has 8 heteroatoms. The smallest absolute Gasteiger partial charge is 0.256 e. The molecule has 1 aliphatic carbocycles. The highest BCUT2D eigenvalue weighted by molar-refractivity contribution is 5.96. The second-order valence-corrected chi connectivity index (χ2v) is 8.83. The van der Waals surface area contributed by atoms with Gasteiger partial charge in [0, 0.05) is 31.2 Å². The second-order valence-electron chi connectivity index (χ2n) is 8.83. The van der Waals surface area contributed by atoms with Gasteiger partial charge in [-0.15, -0.1) is 4.99 Å². The molecule has 0 spiro atoms. The number of amides is 1. The van der Waals surface area contributed by atoms with Crippen LogP contribution in [0.1, 0.15) is 41.6 Å². The van der Waals surface area contributed by atoms with Crippen molar-refractivity contribution in [1.29, 1.82) is 5.26 Å². The van der Waals surface area contributed by atoms with E-state index in [9.17, 15) is 4.79 Å². The maximum absolute atomic E-state index is 13.3. The predicted octanol–water partition coefficient (Wildman–Crippen LogP) is 4.13. The summed E-state index contributed by atoms with van der Waals surface area (Å²) in [5.41, 5.74) is 1.39. The first-order chi connectivity index (χ1) is 17.6. The molecule has 0 radical (unpaired) electrons. The van der Waals surface area contributed by atoms with E-state index in [1.165, 1.54) is 5.56 Å². The Hall–Kier alpha value is -4.38. The highest BCUT2D eigenvalue weighted by Gasteiger charge is 2.37. The lowest BCUT2D eigenvalue weighted by Gasteiger charge is -2.41. The van der Waals surface area contributed by atoms with E-state index >= 15 is 0 Å². The first-order valence-corrected chi connectivity index (χ1v) is 12.1. The molecular weight excluding hydrogens is 452 g/mol. The molecule has 2 aromatic carbocycles. The molecule has 1 aromatic heterocycles. The number of carbonyl (C=O) groups excluding carboxylic acids is 1. The largest absolute Gasteiger partial charge is 0.438 e. The molecule has 1 aliphatic rings. The molecule has 1 heterocycles. The molecule has 3 N–H and O–H groups in total. The maximum atomic E-state index is 13.3. The van der Waals surface area contributed by atoms with Crippen LogP contribution < -0.4 is 20.7 Å². The van der Waals surface area contributed by atoms with Gasteiger partial charge in [-0.25, -0.2) is 4.98 Å². The van der Waals surface area contributed by atoms with E-state index in [1.807, 2.05) is 54.7 Å². The van der Waals surface area contributed by atoms with E-state index in [0.717, 1.165) is 25.7 Å². The molecule has 1 saturated carbocycles. The summed E-state index contributed by atoms with van der Waals surface area (Å²) in [5.74, 6) is 1.16. The average Bonchev–Trinajstić information content (AvgIpc) is 2.93. The number of nitrogens with zero attached hydrogens (tertiary/aromatic N) is 3. The first kappa shape index (κ1) is 24.7. The van der Waals surface area contributed by atoms with Gasteiger partial charge < -0.3 is 20.7 Å². The van der Waals surface area contributed by atoms with Gasteiger partial charge in [-0.3, -0.25) is 4.79 Å². The lowest BCUT2D eigenvalue weighted by Crippen LogP contribution is -2.49. The van der Waals surface area contributed by atoms with Crippen molar-refractivity contribution in [3.63, 3.8) is 0 Å². The summed E-state index contributed by atoms with van der Waals surface area (Å²) in [5, 5.41) is 18.3. The zero-order valence-corrected chi connectivity index (χ0v) is 20.3. The third-order valence-electron chi connectivity index (χ3n) is 6.63. The molecule has 4 rings (SSSR count). The number of hydrogen-bond acceptors (Lipinski definition) is 5. The van der Waals surface area contributed by atoms with Gasteiger partial charge in [0.2, 0.25) is 18.0 Å². The Labute approximate surface area is 211 Å². The molecule has 0 bridgehead atoms. The number of pyridine rings is 1. The van der Waals surface area contributed by atoms with E-state index in [-0.39, 0.29) is 23.2 Å². The minimum absolute atomic E-state index is 0.196. The van der Waals surface area contributed by atoms with Crippen LogP contribution in [-0.2, 0) is 5.41 Å². The number of guanidine groups is 1. The van der Waals surface area contributed by atoms with Gasteiger partial charge >= 0.3 is 0 Å². The Balaban J connectivity index is 1.48. The molecule has 36 heavy (non-hydrogen) atoms. The fourth-order valence-corrected chi connectivity index (χ4v) is 4.67. The van der Waals surface area contributed by atoms with E-state index in [1.54, 1.807) is 25.4 Å². The Morgan fingerprint density at radius 1 is 1.08 bits per heavy atom. The van der Waals surface area contributed by atoms with Crippen LogP contribution in [0.5, 0.6) is 11.6 Å². The minimum Gasteiger partial charge on any atom is -0.438 e. The van der Waals surface area contributed by atoms with Gasteiger partial charge in [-0.1, -0.05) is 48.5 Å². The highest BCUT2D eigenvalue weighted by atomic mass is 16.5. The van der Waals surface area contributed by atoms with Crippen LogP contribution in [-0.4, -0.2) is 36.5 Å². The number of hydrogen-bond donors (Lipinski definition) is 3. The molecule has 0 unspecified atom stereocenters. The number of nitriles is 1. The quantitative estimate of drug-likeness (QED) is 0.265. The molecule has 184 valence electrons. The summed E-state index contributed by atoms with van der Waals surface area (Å²) in [7, 11) is 1.74. The summed E-state index contributed by atoms with van der Waals surface area (Å²) in [6.07, 6.45) is 6.94. The van der Waals surface area contributed by atoms with Gasteiger partial charge in [-0.05, 0) is 55.5 Å². The molecular formula is C28H30N6O2. The monoisotopic (exact) mass is 482 g/mol. The lowest BCUT2D eigenvalue weighted by molar-refractivity contribution is 0.0932. The number of aromatic nitrogens is 1. The predicted molar refractivity (Wildman–Crippen MR) is 139 cm³/mol. The average molecular weight is 483 g/mol. The van der Waals surface area contributed by atoms with Crippen molar-refractivity contribution >= 4 is 11.9 Å². The van der Waals surface area contributed by atoms with Crippen molar-refractivity contribution in [1.82, 2.24) is 20.9 Å². The van der Waals surface area contributed by atoms with Crippen LogP contribution in [0.15, 0.2) is 84.0 Å². The lowest BCUT2D eigenvalue weighted by atomic mass is 9.68. The Morgan fingerprint density at radius 2 is 1.78 bits per heavy atom. The van der Waals surface area contributed by atoms with Crippen LogP contribution in [0.2, 0.25) is 0 Å². The normalized spacial score (nSPS) is 19.6. The van der Waals surface area contributed by atoms with Crippen molar-refractivity contribution in [3.05, 3.63) is 90.1 Å². The number of carbonyl (C=O) groups is 1. The van der Waals surface area contributed by atoms with Crippen LogP contribution in [0.4, 0.5) is 0 Å². The topological polar surface area (TPSA) is 111 Å². The third-order valence-corrected chi connectivity index (χ3v) is 6.63. The Morgan fingerprint density at radius 3 is 2.44 bits per heavy atom. The molecule has 0 aliphatic heterocycles. The summed E-state index contributed by atoms with van der Waals surface area (Å²) in [4.78, 5) is 21.4. The van der Waals surface area contributed by atoms with Crippen molar-refractivity contribution in [3.8, 4) is 17.8 Å². The van der Waals surface area contributed by atoms with Gasteiger partial charge in [-0.2, -0.15) is 5.26 Å². The van der Waals surface area contributed by atoms with Crippen LogP contribution in [0.25, 0.3) is 0 Å².